The molecule has 4 nitrogen and oxygen atoms in total. The Balaban J connectivity index is 2.14. The zero-order valence-corrected chi connectivity index (χ0v) is 10.7. The third kappa shape index (κ3) is 3.16. The second-order valence-electron chi connectivity index (χ2n) is 5.06. The number of hydrogen-bond donors (Lipinski definition) is 4. The molecular formula is C13H17F3N2O2. The molecule has 20 heavy (non-hydrogen) atoms. The van der Waals surface area contributed by atoms with Crippen molar-refractivity contribution < 1.29 is 23.4 Å². The number of aliphatic hydroxyl groups is 1. The summed E-state index contributed by atoms with van der Waals surface area (Å²) in [7, 11) is 0. The van der Waals surface area contributed by atoms with Crippen molar-refractivity contribution in [1.82, 2.24) is 5.32 Å². The Labute approximate surface area is 114 Å². The number of halogens is 3. The van der Waals surface area contributed by atoms with Gasteiger partial charge in [-0.1, -0.05) is 0 Å². The van der Waals surface area contributed by atoms with Crippen LogP contribution in [0.4, 0.5) is 18.9 Å². The summed E-state index contributed by atoms with van der Waals surface area (Å²) in [6.07, 6.45) is -2.73. The largest absolute Gasteiger partial charge is 0.505 e. The standard InChI is InChI=1S/C13H17F3N2O2/c14-13(15,16)8-4-7(5-9(17)12(8)20)6-18-10-2-1-3-11(10)19/h4-5,10-11,18-20H,1-3,6,17H2/t10-,11+/m1/s1. The molecule has 2 rings (SSSR count). The van der Waals surface area contributed by atoms with Crippen LogP contribution in [-0.2, 0) is 12.7 Å². The molecule has 1 fully saturated rings. The molecule has 0 bridgehead atoms. The monoisotopic (exact) mass is 290 g/mol. The van der Waals surface area contributed by atoms with E-state index in [0.717, 1.165) is 18.9 Å². The number of nitrogens with two attached hydrogens (primary N) is 1. The first-order chi connectivity index (χ1) is 9.29. The number of alkyl halides is 3. The SMILES string of the molecule is Nc1cc(CN[C@@H]2CCC[C@@H]2O)cc(C(F)(F)F)c1O. The first kappa shape index (κ1) is 14.9. The summed E-state index contributed by atoms with van der Waals surface area (Å²) in [5.74, 6) is -0.942. The van der Waals surface area contributed by atoms with E-state index in [1.54, 1.807) is 0 Å². The van der Waals surface area contributed by atoms with Gasteiger partial charge in [-0.05, 0) is 37.0 Å². The summed E-state index contributed by atoms with van der Waals surface area (Å²) in [6, 6.07) is 2.07. The van der Waals surface area contributed by atoms with E-state index in [0.29, 0.717) is 12.0 Å². The number of nitrogen functional groups attached to an aromatic ring is 1. The molecule has 1 aromatic rings. The Morgan fingerprint density at radius 3 is 2.55 bits per heavy atom. The predicted octanol–water partition coefficient (Wildman–Crippen LogP) is 2.00. The van der Waals surface area contributed by atoms with Gasteiger partial charge in [-0.2, -0.15) is 13.2 Å². The minimum atomic E-state index is -4.65. The number of phenols is 1. The topological polar surface area (TPSA) is 78.5 Å². The number of aliphatic hydroxyl groups excluding tert-OH is 1. The molecule has 0 saturated heterocycles. The van der Waals surface area contributed by atoms with Crippen LogP contribution >= 0.6 is 0 Å². The highest BCUT2D eigenvalue weighted by molar-refractivity contribution is 5.58. The Morgan fingerprint density at radius 1 is 1.30 bits per heavy atom. The lowest BCUT2D eigenvalue weighted by Crippen LogP contribution is -2.35. The van der Waals surface area contributed by atoms with Crippen LogP contribution in [0.1, 0.15) is 30.4 Å². The molecule has 7 heteroatoms. The lowest BCUT2D eigenvalue weighted by Gasteiger charge is -2.18. The van der Waals surface area contributed by atoms with Crippen molar-refractivity contribution in [2.75, 3.05) is 5.73 Å². The van der Waals surface area contributed by atoms with Crippen LogP contribution in [0.5, 0.6) is 5.75 Å². The summed E-state index contributed by atoms with van der Waals surface area (Å²) >= 11 is 0. The molecule has 1 aliphatic rings. The highest BCUT2D eigenvalue weighted by Gasteiger charge is 2.35. The van der Waals surface area contributed by atoms with Gasteiger partial charge >= 0.3 is 6.18 Å². The van der Waals surface area contributed by atoms with Gasteiger partial charge in [-0.3, -0.25) is 0 Å². The fraction of sp³-hybridized carbons (Fsp3) is 0.538. The van der Waals surface area contributed by atoms with E-state index in [2.05, 4.69) is 5.32 Å². The fourth-order valence-corrected chi connectivity index (χ4v) is 2.46. The molecule has 0 spiro atoms. The smallest absolute Gasteiger partial charge is 0.420 e. The predicted molar refractivity (Wildman–Crippen MR) is 68.0 cm³/mol. The molecule has 112 valence electrons. The van der Waals surface area contributed by atoms with E-state index < -0.39 is 23.6 Å². The first-order valence-corrected chi connectivity index (χ1v) is 6.39. The van der Waals surface area contributed by atoms with E-state index >= 15 is 0 Å². The summed E-state index contributed by atoms with van der Waals surface area (Å²) in [6.45, 7) is 0.162. The Kier molecular flexibility index (Phi) is 4.10. The van der Waals surface area contributed by atoms with E-state index in [9.17, 15) is 23.4 Å². The number of phenolic OH excluding ortho intramolecular Hbond substituents is 1. The molecule has 1 saturated carbocycles. The van der Waals surface area contributed by atoms with Gasteiger partial charge in [0.2, 0.25) is 0 Å². The number of nitrogens with one attached hydrogen (secondary N) is 1. The van der Waals surface area contributed by atoms with Crippen LogP contribution in [0.15, 0.2) is 12.1 Å². The van der Waals surface area contributed by atoms with Crippen LogP contribution in [0, 0.1) is 0 Å². The molecule has 1 aliphatic carbocycles. The second kappa shape index (κ2) is 5.49. The molecule has 0 heterocycles. The zero-order valence-electron chi connectivity index (χ0n) is 10.7. The van der Waals surface area contributed by atoms with Crippen molar-refractivity contribution in [3.63, 3.8) is 0 Å². The van der Waals surface area contributed by atoms with E-state index in [1.807, 2.05) is 0 Å². The van der Waals surface area contributed by atoms with Crippen molar-refractivity contribution in [2.45, 2.75) is 44.1 Å². The quantitative estimate of drug-likeness (QED) is 0.507. The van der Waals surface area contributed by atoms with Crippen LogP contribution in [0.25, 0.3) is 0 Å². The van der Waals surface area contributed by atoms with Gasteiger partial charge < -0.3 is 21.3 Å². The maximum absolute atomic E-state index is 12.7. The molecule has 2 atom stereocenters. The number of rotatable bonds is 3. The fourth-order valence-electron chi connectivity index (χ4n) is 2.46. The summed E-state index contributed by atoms with van der Waals surface area (Å²) < 4.78 is 38.2. The molecule has 0 aromatic heterocycles. The molecule has 0 amide bonds. The van der Waals surface area contributed by atoms with Crippen LogP contribution in [0.3, 0.4) is 0 Å². The van der Waals surface area contributed by atoms with Gasteiger partial charge in [0.15, 0.2) is 5.75 Å². The first-order valence-electron chi connectivity index (χ1n) is 6.39. The number of anilines is 1. The van der Waals surface area contributed by atoms with E-state index in [4.69, 9.17) is 5.73 Å². The summed E-state index contributed by atoms with van der Waals surface area (Å²) in [5, 5.41) is 22.0. The normalized spacial score (nSPS) is 23.2. The van der Waals surface area contributed by atoms with E-state index in [-0.39, 0.29) is 18.3 Å². The zero-order chi connectivity index (χ0) is 14.9. The van der Waals surface area contributed by atoms with E-state index in [1.165, 1.54) is 6.07 Å². The number of aromatic hydroxyl groups is 1. The molecule has 5 N–H and O–H groups in total. The lowest BCUT2D eigenvalue weighted by atomic mass is 10.1. The van der Waals surface area contributed by atoms with Crippen molar-refractivity contribution in [2.24, 2.45) is 0 Å². The van der Waals surface area contributed by atoms with Crippen LogP contribution in [0.2, 0.25) is 0 Å². The van der Waals surface area contributed by atoms with Gasteiger partial charge in [-0.25, -0.2) is 0 Å². The van der Waals surface area contributed by atoms with Gasteiger partial charge in [-0.15, -0.1) is 0 Å². The van der Waals surface area contributed by atoms with Crippen molar-refractivity contribution in [3.8, 4) is 5.75 Å². The minimum absolute atomic E-state index is 0.112. The highest BCUT2D eigenvalue weighted by atomic mass is 19.4. The van der Waals surface area contributed by atoms with Gasteiger partial charge in [0, 0.05) is 12.6 Å². The van der Waals surface area contributed by atoms with Crippen molar-refractivity contribution >= 4 is 5.69 Å². The Bertz CT molecular complexity index is 491. The Hall–Kier alpha value is -1.47. The summed E-state index contributed by atoms with van der Waals surface area (Å²) in [4.78, 5) is 0. The third-order valence-corrected chi connectivity index (χ3v) is 3.55. The van der Waals surface area contributed by atoms with Crippen molar-refractivity contribution in [3.05, 3.63) is 23.3 Å². The minimum Gasteiger partial charge on any atom is -0.505 e. The number of hydrogen-bond acceptors (Lipinski definition) is 4. The second-order valence-corrected chi connectivity index (χ2v) is 5.06. The van der Waals surface area contributed by atoms with Gasteiger partial charge in [0.25, 0.3) is 0 Å². The van der Waals surface area contributed by atoms with Gasteiger partial charge in [0.1, 0.15) is 0 Å². The number of benzene rings is 1. The van der Waals surface area contributed by atoms with Crippen LogP contribution in [-0.4, -0.2) is 22.4 Å². The average Bonchev–Trinajstić information content (AvgIpc) is 2.75. The molecular weight excluding hydrogens is 273 g/mol. The maximum atomic E-state index is 12.7. The average molecular weight is 290 g/mol. The molecule has 1 aromatic carbocycles. The summed E-state index contributed by atoms with van der Waals surface area (Å²) in [5.41, 5.74) is 4.29. The maximum Gasteiger partial charge on any atom is 0.420 e. The third-order valence-electron chi connectivity index (χ3n) is 3.55. The molecule has 0 unspecified atom stereocenters. The molecule has 0 radical (unpaired) electrons. The van der Waals surface area contributed by atoms with Gasteiger partial charge in [0.05, 0.1) is 17.4 Å². The van der Waals surface area contributed by atoms with Crippen molar-refractivity contribution in [1.29, 1.82) is 0 Å². The Morgan fingerprint density at radius 2 is 2.00 bits per heavy atom. The lowest BCUT2D eigenvalue weighted by molar-refractivity contribution is -0.138. The van der Waals surface area contributed by atoms with Crippen LogP contribution < -0.4 is 11.1 Å². The molecule has 0 aliphatic heterocycles. The highest BCUT2D eigenvalue weighted by Crippen LogP contribution is 2.39.